The summed E-state index contributed by atoms with van der Waals surface area (Å²) in [7, 11) is 0. The van der Waals surface area contributed by atoms with Gasteiger partial charge < -0.3 is 11.5 Å². The minimum absolute atomic E-state index is 0.535. The van der Waals surface area contributed by atoms with Gasteiger partial charge in [0.2, 0.25) is 0 Å². The monoisotopic (exact) mass is 344 g/mol. The third-order valence-corrected chi connectivity index (χ3v) is 4.68. The summed E-state index contributed by atoms with van der Waals surface area (Å²) < 4.78 is 0. The Bertz CT molecular complexity index is 498. The van der Waals surface area contributed by atoms with Crippen molar-refractivity contribution in [1.29, 1.82) is 0 Å². The molecule has 2 atom stereocenters. The lowest BCUT2D eigenvalue weighted by molar-refractivity contribution is 0.313. The number of allylic oxidation sites excluding steroid dienone is 5. The molecule has 2 heteroatoms. The minimum atomic E-state index is 0.535. The average Bonchev–Trinajstić information content (AvgIpc) is 2.57. The molecule has 0 radical (unpaired) electrons. The van der Waals surface area contributed by atoms with Crippen LogP contribution in [0, 0.1) is 11.8 Å². The van der Waals surface area contributed by atoms with Crippen LogP contribution < -0.4 is 11.5 Å². The van der Waals surface area contributed by atoms with Crippen molar-refractivity contribution in [1.82, 2.24) is 0 Å². The Balaban J connectivity index is 0. The molecule has 0 heterocycles. The van der Waals surface area contributed by atoms with Gasteiger partial charge in [-0.2, -0.15) is 0 Å². The predicted molar refractivity (Wildman–Crippen MR) is 116 cm³/mol. The molecule has 2 unspecified atom stereocenters. The van der Waals surface area contributed by atoms with Crippen molar-refractivity contribution in [3.63, 3.8) is 0 Å². The van der Waals surface area contributed by atoms with E-state index in [1.165, 1.54) is 25.7 Å². The van der Waals surface area contributed by atoms with Crippen LogP contribution in [-0.4, -0.2) is 0 Å². The van der Waals surface area contributed by atoms with Crippen LogP contribution in [0.1, 0.15) is 60.3 Å². The first-order valence-electron chi connectivity index (χ1n) is 8.94. The van der Waals surface area contributed by atoms with Gasteiger partial charge in [0, 0.05) is 0 Å². The van der Waals surface area contributed by atoms with Gasteiger partial charge in [-0.25, -0.2) is 0 Å². The maximum Gasteiger partial charge on any atom is 0.0574 e. The number of hydrogen-bond acceptors (Lipinski definition) is 2. The normalized spacial score (nSPS) is 20.2. The van der Waals surface area contributed by atoms with Gasteiger partial charge in [-0.1, -0.05) is 37.3 Å². The molecular weight excluding hydrogens is 304 g/mol. The van der Waals surface area contributed by atoms with Crippen molar-refractivity contribution >= 4 is 0 Å². The van der Waals surface area contributed by atoms with E-state index in [2.05, 4.69) is 53.7 Å². The van der Waals surface area contributed by atoms with Crippen molar-refractivity contribution in [2.45, 2.75) is 60.3 Å². The third kappa shape index (κ3) is 9.81. The highest BCUT2D eigenvalue weighted by atomic mass is 14.7. The summed E-state index contributed by atoms with van der Waals surface area (Å²) in [5.41, 5.74) is 17.0. The SMILES string of the molecule is C=C.C=C(C)/C(N)=C(/N)C(=C)C.C=CCCC1CC(C)=C(C)CC1C. The Morgan fingerprint density at radius 1 is 1.00 bits per heavy atom. The van der Waals surface area contributed by atoms with Crippen molar-refractivity contribution < 1.29 is 0 Å². The fraction of sp³-hybridized carbons (Fsp3) is 0.478. The zero-order valence-corrected chi connectivity index (χ0v) is 17.3. The zero-order valence-electron chi connectivity index (χ0n) is 17.3. The fourth-order valence-corrected chi connectivity index (χ4v) is 2.77. The van der Waals surface area contributed by atoms with E-state index in [0.29, 0.717) is 11.4 Å². The van der Waals surface area contributed by atoms with Crippen LogP contribution in [0.4, 0.5) is 0 Å². The summed E-state index contributed by atoms with van der Waals surface area (Å²) in [6.07, 6.45) is 7.19. The Labute approximate surface area is 156 Å². The van der Waals surface area contributed by atoms with Crippen LogP contribution in [0.3, 0.4) is 0 Å². The van der Waals surface area contributed by atoms with Gasteiger partial charge in [-0.3, -0.25) is 0 Å². The molecule has 1 aliphatic carbocycles. The first-order chi connectivity index (χ1) is 11.6. The van der Waals surface area contributed by atoms with Crippen LogP contribution >= 0.6 is 0 Å². The highest BCUT2D eigenvalue weighted by molar-refractivity contribution is 5.36. The molecule has 0 fully saturated rings. The van der Waals surface area contributed by atoms with Crippen molar-refractivity contribution in [3.05, 3.63) is 72.7 Å². The van der Waals surface area contributed by atoms with E-state index in [4.69, 9.17) is 11.5 Å². The molecule has 1 rings (SSSR count). The van der Waals surface area contributed by atoms with E-state index in [0.717, 1.165) is 23.0 Å². The lowest BCUT2D eigenvalue weighted by Crippen LogP contribution is -2.17. The van der Waals surface area contributed by atoms with Crippen molar-refractivity contribution in [3.8, 4) is 0 Å². The van der Waals surface area contributed by atoms with Crippen molar-refractivity contribution in [2.75, 3.05) is 0 Å². The lowest BCUT2D eigenvalue weighted by atomic mass is 9.75. The lowest BCUT2D eigenvalue weighted by Gasteiger charge is -2.30. The third-order valence-electron chi connectivity index (χ3n) is 4.68. The van der Waals surface area contributed by atoms with E-state index in [1.54, 1.807) is 11.1 Å². The fourth-order valence-electron chi connectivity index (χ4n) is 2.77. The highest BCUT2D eigenvalue weighted by Crippen LogP contribution is 2.36. The summed E-state index contributed by atoms with van der Waals surface area (Å²) in [6.45, 7) is 27.7. The largest absolute Gasteiger partial charge is 0.397 e. The molecule has 1 aliphatic rings. The second kappa shape index (κ2) is 13.3. The van der Waals surface area contributed by atoms with E-state index < -0.39 is 0 Å². The smallest absolute Gasteiger partial charge is 0.0574 e. The number of rotatable bonds is 5. The molecule has 2 nitrogen and oxygen atoms in total. The summed E-state index contributed by atoms with van der Waals surface area (Å²) in [6, 6.07) is 0. The van der Waals surface area contributed by atoms with Gasteiger partial charge in [0.25, 0.3) is 0 Å². The first-order valence-corrected chi connectivity index (χ1v) is 8.94. The van der Waals surface area contributed by atoms with Crippen LogP contribution in [0.15, 0.2) is 72.7 Å². The Morgan fingerprint density at radius 3 is 1.76 bits per heavy atom. The van der Waals surface area contributed by atoms with Gasteiger partial charge in [-0.05, 0) is 76.4 Å². The minimum Gasteiger partial charge on any atom is -0.397 e. The molecule has 25 heavy (non-hydrogen) atoms. The van der Waals surface area contributed by atoms with Gasteiger partial charge in [0.05, 0.1) is 11.4 Å². The van der Waals surface area contributed by atoms with E-state index in [1.807, 2.05) is 19.9 Å². The molecule has 0 saturated heterocycles. The maximum absolute atomic E-state index is 5.56. The topological polar surface area (TPSA) is 52.0 Å². The molecule has 0 saturated carbocycles. The second-order valence-corrected chi connectivity index (χ2v) is 6.96. The molecule has 0 aromatic rings. The molecule has 0 aromatic carbocycles. The number of nitrogens with two attached hydrogens (primary N) is 2. The Hall–Kier alpha value is -1.96. The van der Waals surface area contributed by atoms with Crippen LogP contribution in [0.5, 0.6) is 0 Å². The summed E-state index contributed by atoms with van der Waals surface area (Å²) in [5, 5.41) is 0. The quantitative estimate of drug-likeness (QED) is 0.447. The summed E-state index contributed by atoms with van der Waals surface area (Å²) >= 11 is 0. The van der Waals surface area contributed by atoms with E-state index in [-0.39, 0.29) is 0 Å². The van der Waals surface area contributed by atoms with Gasteiger partial charge >= 0.3 is 0 Å². The maximum atomic E-state index is 5.56. The number of hydrogen-bond donors (Lipinski definition) is 2. The zero-order chi connectivity index (χ0) is 20.2. The first kappa shape index (κ1) is 25.3. The predicted octanol–water partition coefficient (Wildman–Crippen LogP) is 6.40. The Morgan fingerprint density at radius 2 is 1.40 bits per heavy atom. The molecule has 0 bridgehead atoms. The van der Waals surface area contributed by atoms with Gasteiger partial charge in [0.15, 0.2) is 0 Å². The molecule has 4 N–H and O–H groups in total. The van der Waals surface area contributed by atoms with Crippen LogP contribution in [0.2, 0.25) is 0 Å². The van der Waals surface area contributed by atoms with Crippen LogP contribution in [-0.2, 0) is 0 Å². The molecule has 0 aliphatic heterocycles. The van der Waals surface area contributed by atoms with Gasteiger partial charge in [0.1, 0.15) is 0 Å². The summed E-state index contributed by atoms with van der Waals surface area (Å²) in [5.74, 6) is 1.78. The standard InChI is InChI=1S/C13H22.C8H14N2.C2H4/c1-5-6-7-13-9-11(3)10(2)8-12(13)4;1-5(2)7(9)8(10)6(3)4;1-2/h5,12-13H,1,6-9H2,2-4H3;1,3,9-10H2,2,4H3;1-2H2/b;8-7-;. The average molecular weight is 345 g/mol. The van der Waals surface area contributed by atoms with Crippen LogP contribution in [0.25, 0.3) is 0 Å². The molecule has 0 spiro atoms. The molecule has 142 valence electrons. The van der Waals surface area contributed by atoms with Gasteiger partial charge in [-0.15, -0.1) is 19.7 Å². The van der Waals surface area contributed by atoms with E-state index >= 15 is 0 Å². The summed E-state index contributed by atoms with van der Waals surface area (Å²) in [4.78, 5) is 0. The molecular formula is C23H40N2. The molecule has 0 aromatic heterocycles. The Kier molecular flexibility index (Phi) is 13.5. The van der Waals surface area contributed by atoms with E-state index in [9.17, 15) is 0 Å². The second-order valence-electron chi connectivity index (χ2n) is 6.96. The highest BCUT2D eigenvalue weighted by Gasteiger charge is 2.22. The molecule has 0 amide bonds. The van der Waals surface area contributed by atoms with Crippen molar-refractivity contribution in [2.24, 2.45) is 23.3 Å².